The lowest BCUT2D eigenvalue weighted by atomic mass is 10.0. The Labute approximate surface area is 527 Å². The molecule has 9 heteroatoms. The number of nitrogens with zero attached hydrogens (tertiary/aromatic N) is 1. The summed E-state index contributed by atoms with van der Waals surface area (Å²) in [4.78, 5) is 37.4. The minimum atomic E-state index is -1.63. The molecule has 0 aliphatic carbocycles. The van der Waals surface area contributed by atoms with E-state index in [4.69, 9.17) is 18.9 Å². The van der Waals surface area contributed by atoms with E-state index < -0.39 is 24.3 Å². The van der Waals surface area contributed by atoms with E-state index in [0.717, 1.165) is 70.6 Å². The van der Waals surface area contributed by atoms with E-state index in [9.17, 15) is 19.5 Å². The third-order valence-corrected chi connectivity index (χ3v) is 16.5. The third kappa shape index (κ3) is 68.6. The number of rotatable bonds is 69. The molecule has 0 N–H and O–H groups in total. The summed E-state index contributed by atoms with van der Waals surface area (Å²) in [6.07, 6.45) is 83.8. The van der Waals surface area contributed by atoms with Gasteiger partial charge in [-0.05, 0) is 77.0 Å². The molecule has 0 aliphatic rings. The highest BCUT2D eigenvalue weighted by atomic mass is 16.7. The van der Waals surface area contributed by atoms with Gasteiger partial charge in [0.2, 0.25) is 0 Å². The summed E-state index contributed by atoms with van der Waals surface area (Å²) in [6.45, 7) is 4.75. The lowest BCUT2D eigenvalue weighted by molar-refractivity contribution is -0.870. The van der Waals surface area contributed by atoms with Crippen LogP contribution in [-0.2, 0) is 33.3 Å². The summed E-state index contributed by atoms with van der Waals surface area (Å²) in [5, 5.41) is 11.8. The normalized spacial score (nSPS) is 12.9. The highest BCUT2D eigenvalue weighted by Crippen LogP contribution is 2.19. The van der Waals surface area contributed by atoms with Crippen LogP contribution in [0.2, 0.25) is 0 Å². The van der Waals surface area contributed by atoms with Crippen LogP contribution in [0.5, 0.6) is 0 Å². The van der Waals surface area contributed by atoms with Crippen LogP contribution in [0.1, 0.15) is 361 Å². The van der Waals surface area contributed by atoms with Gasteiger partial charge < -0.3 is 33.3 Å². The van der Waals surface area contributed by atoms with Gasteiger partial charge >= 0.3 is 11.9 Å². The van der Waals surface area contributed by atoms with E-state index in [-0.39, 0.29) is 32.2 Å². The van der Waals surface area contributed by atoms with Gasteiger partial charge in [-0.15, -0.1) is 0 Å². The number of ether oxygens (including phenoxy) is 4. The molecule has 85 heavy (non-hydrogen) atoms. The molecule has 0 aliphatic heterocycles. The molecule has 0 rings (SSSR count). The van der Waals surface area contributed by atoms with Gasteiger partial charge in [0, 0.05) is 12.8 Å². The molecule has 0 saturated carbocycles. The van der Waals surface area contributed by atoms with Gasteiger partial charge in [0.15, 0.2) is 12.4 Å². The first-order valence-electron chi connectivity index (χ1n) is 36.8. The standard InChI is InChI=1S/C76H141NO8/c1-6-8-10-12-14-16-18-20-22-24-26-27-28-29-30-31-32-33-34-35-36-37-38-39-40-41-42-43-44-45-46-47-49-50-52-54-56-58-60-62-64-66-73(78)83-70-72(71-84-76(75(80)81)82-69-68-77(3,4)5)85-74(79)67-65-63-61-59-57-55-53-51-48-25-23-21-19-17-15-13-11-9-7-2/h15,17,21,23-24,26,48,51,72,76H,6-14,16,18-20,22,25,27-47,49-50,52-71H2,1-5H3/b17-15-,23-21-,26-24-,51-48-. The molecular formula is C76H141NO8. The van der Waals surface area contributed by atoms with Crippen LogP contribution in [0.3, 0.4) is 0 Å². The Balaban J connectivity index is 3.92. The average Bonchev–Trinajstić information content (AvgIpc) is 3.48. The fraction of sp³-hybridized carbons (Fsp3) is 0.855. The van der Waals surface area contributed by atoms with E-state index in [1.54, 1.807) is 0 Å². The lowest BCUT2D eigenvalue weighted by Gasteiger charge is -2.26. The number of carboxylic acid groups (broad SMARTS) is 1. The fourth-order valence-corrected chi connectivity index (χ4v) is 10.9. The number of aliphatic carboxylic acids is 1. The number of esters is 2. The van der Waals surface area contributed by atoms with Crippen LogP contribution in [0, 0.1) is 0 Å². The zero-order chi connectivity index (χ0) is 61.9. The predicted octanol–water partition coefficient (Wildman–Crippen LogP) is 21.6. The van der Waals surface area contributed by atoms with Gasteiger partial charge in [0.25, 0.3) is 0 Å². The van der Waals surface area contributed by atoms with Gasteiger partial charge in [0.05, 0.1) is 40.3 Å². The molecule has 0 aromatic carbocycles. The van der Waals surface area contributed by atoms with E-state index >= 15 is 0 Å². The van der Waals surface area contributed by atoms with Crippen LogP contribution in [0.4, 0.5) is 0 Å². The minimum absolute atomic E-state index is 0.146. The fourth-order valence-electron chi connectivity index (χ4n) is 10.9. The van der Waals surface area contributed by atoms with E-state index in [1.165, 1.54) is 257 Å². The molecule has 0 heterocycles. The number of carbonyl (C=O) groups is 3. The van der Waals surface area contributed by atoms with Crippen molar-refractivity contribution in [2.24, 2.45) is 0 Å². The summed E-state index contributed by atoms with van der Waals surface area (Å²) in [5.41, 5.74) is 0. The smallest absolute Gasteiger partial charge is 0.306 e. The Hall–Kier alpha value is -2.75. The second-order valence-corrected chi connectivity index (χ2v) is 26.2. The summed E-state index contributed by atoms with van der Waals surface area (Å²) in [5.74, 6) is -2.28. The third-order valence-electron chi connectivity index (χ3n) is 16.5. The topological polar surface area (TPSA) is 111 Å². The molecule has 0 radical (unpaired) electrons. The van der Waals surface area contributed by atoms with Crippen molar-refractivity contribution in [1.29, 1.82) is 0 Å². The van der Waals surface area contributed by atoms with Crippen molar-refractivity contribution in [1.82, 2.24) is 0 Å². The Morgan fingerprint density at radius 2 is 0.635 bits per heavy atom. The van der Waals surface area contributed by atoms with Crippen molar-refractivity contribution in [3.63, 3.8) is 0 Å². The first kappa shape index (κ1) is 82.2. The Bertz CT molecular complexity index is 1530. The molecule has 2 atom stereocenters. The van der Waals surface area contributed by atoms with Crippen LogP contribution in [0.15, 0.2) is 48.6 Å². The van der Waals surface area contributed by atoms with Gasteiger partial charge in [-0.25, -0.2) is 0 Å². The van der Waals surface area contributed by atoms with Crippen LogP contribution in [-0.4, -0.2) is 82.3 Å². The highest BCUT2D eigenvalue weighted by molar-refractivity contribution is 5.70. The number of unbranched alkanes of at least 4 members (excludes halogenated alkanes) is 46. The van der Waals surface area contributed by atoms with Crippen molar-refractivity contribution in [3.8, 4) is 0 Å². The predicted molar refractivity (Wildman–Crippen MR) is 362 cm³/mol. The summed E-state index contributed by atoms with van der Waals surface area (Å²) in [6, 6.07) is 0. The number of quaternary nitrogens is 1. The number of likely N-dealkylation sites (N-methyl/N-ethyl adjacent to an activating group) is 1. The first-order valence-corrected chi connectivity index (χ1v) is 36.8. The quantitative estimate of drug-likeness (QED) is 0.0195. The summed E-state index contributed by atoms with van der Waals surface area (Å²) in [7, 11) is 5.93. The molecule has 498 valence electrons. The molecule has 0 bridgehead atoms. The van der Waals surface area contributed by atoms with Crippen molar-refractivity contribution in [2.45, 2.75) is 373 Å². The highest BCUT2D eigenvalue weighted by Gasteiger charge is 2.22. The first-order chi connectivity index (χ1) is 41.6. The molecule has 9 nitrogen and oxygen atoms in total. The molecular weight excluding hydrogens is 1050 g/mol. The second-order valence-electron chi connectivity index (χ2n) is 26.2. The number of allylic oxidation sites excluding steroid dienone is 8. The Morgan fingerprint density at radius 1 is 0.353 bits per heavy atom. The molecule has 0 aromatic heterocycles. The molecule has 0 aromatic rings. The molecule has 0 spiro atoms. The van der Waals surface area contributed by atoms with Crippen molar-refractivity contribution < 1.29 is 42.9 Å². The number of carboxylic acids is 1. The SMILES string of the molecule is CCCCC/C=C\C/C=C\C/C=C\CCCCCCCCC(=O)OC(COC(=O)CCCCCCCCCCCCCCCCCCCCCCCCCCCCCCC/C=C\CCCCCCCCCC)COC(OCC[N+](C)(C)C)C(=O)[O-]. The maximum atomic E-state index is 12.9. The minimum Gasteiger partial charge on any atom is -0.545 e. The van der Waals surface area contributed by atoms with E-state index in [2.05, 4.69) is 62.5 Å². The number of hydrogen-bond acceptors (Lipinski definition) is 8. The van der Waals surface area contributed by atoms with Crippen LogP contribution < -0.4 is 5.11 Å². The number of carbonyl (C=O) groups excluding carboxylic acids is 3. The van der Waals surface area contributed by atoms with E-state index in [1.807, 2.05) is 21.1 Å². The van der Waals surface area contributed by atoms with Crippen molar-refractivity contribution in [3.05, 3.63) is 48.6 Å². The lowest BCUT2D eigenvalue weighted by Crippen LogP contribution is -2.44. The maximum Gasteiger partial charge on any atom is 0.306 e. The van der Waals surface area contributed by atoms with Gasteiger partial charge in [-0.1, -0.05) is 319 Å². The molecule has 0 saturated heterocycles. The van der Waals surface area contributed by atoms with Gasteiger partial charge in [-0.2, -0.15) is 0 Å². The monoisotopic (exact) mass is 1200 g/mol. The average molecular weight is 1200 g/mol. The summed E-state index contributed by atoms with van der Waals surface area (Å²) >= 11 is 0. The van der Waals surface area contributed by atoms with Crippen molar-refractivity contribution >= 4 is 17.9 Å². The Morgan fingerprint density at radius 3 is 0.976 bits per heavy atom. The largest absolute Gasteiger partial charge is 0.545 e. The number of hydrogen-bond donors (Lipinski definition) is 0. The van der Waals surface area contributed by atoms with Gasteiger partial charge in [-0.3, -0.25) is 9.59 Å². The molecule has 0 amide bonds. The molecule has 0 fully saturated rings. The van der Waals surface area contributed by atoms with Gasteiger partial charge in [0.1, 0.15) is 13.2 Å². The zero-order valence-electron chi connectivity index (χ0n) is 57.0. The molecule has 2 unspecified atom stereocenters. The van der Waals surface area contributed by atoms with E-state index in [0.29, 0.717) is 23.9 Å². The van der Waals surface area contributed by atoms with Crippen LogP contribution in [0.25, 0.3) is 0 Å². The van der Waals surface area contributed by atoms with Crippen molar-refractivity contribution in [2.75, 3.05) is 47.5 Å². The second kappa shape index (κ2) is 67.2. The maximum absolute atomic E-state index is 12.9. The Kier molecular flexibility index (Phi) is 65.0. The zero-order valence-corrected chi connectivity index (χ0v) is 57.0. The van der Waals surface area contributed by atoms with Crippen LogP contribution >= 0.6 is 0 Å². The summed E-state index contributed by atoms with van der Waals surface area (Å²) < 4.78 is 22.8.